The van der Waals surface area contributed by atoms with Gasteiger partial charge in [0.1, 0.15) is 17.7 Å². The quantitative estimate of drug-likeness (QED) is 0.871. The smallest absolute Gasteiger partial charge is 0.329 e. The molecule has 17 heavy (non-hydrogen) atoms. The van der Waals surface area contributed by atoms with Crippen molar-refractivity contribution in [2.45, 2.75) is 24.8 Å². The van der Waals surface area contributed by atoms with E-state index >= 15 is 0 Å². The van der Waals surface area contributed by atoms with E-state index in [-0.39, 0.29) is 0 Å². The van der Waals surface area contributed by atoms with E-state index in [1.807, 2.05) is 11.4 Å². The maximum atomic E-state index is 11.3. The first-order valence-corrected chi connectivity index (χ1v) is 6.29. The molecule has 5 nitrogen and oxygen atoms in total. The SMILES string of the molecule is O=C(O)C1(Nc2ncnc3ccsc23)CCC1. The number of carboxylic acids is 1. The van der Waals surface area contributed by atoms with Crippen LogP contribution in [0.2, 0.25) is 0 Å². The Morgan fingerprint density at radius 1 is 1.47 bits per heavy atom. The van der Waals surface area contributed by atoms with Gasteiger partial charge in [-0.1, -0.05) is 0 Å². The molecule has 1 aliphatic rings. The van der Waals surface area contributed by atoms with Crippen molar-refractivity contribution >= 4 is 33.3 Å². The van der Waals surface area contributed by atoms with E-state index < -0.39 is 11.5 Å². The van der Waals surface area contributed by atoms with Gasteiger partial charge in [-0.25, -0.2) is 14.8 Å². The number of nitrogens with one attached hydrogen (secondary N) is 1. The molecule has 0 aliphatic heterocycles. The number of thiophene rings is 1. The topological polar surface area (TPSA) is 75.1 Å². The summed E-state index contributed by atoms with van der Waals surface area (Å²) in [6, 6.07) is 1.90. The lowest BCUT2D eigenvalue weighted by molar-refractivity contribution is -0.145. The highest BCUT2D eigenvalue weighted by Gasteiger charge is 2.45. The molecule has 0 aromatic carbocycles. The molecule has 2 heterocycles. The Morgan fingerprint density at radius 2 is 2.29 bits per heavy atom. The number of aromatic nitrogens is 2. The van der Waals surface area contributed by atoms with Crippen molar-refractivity contribution in [1.82, 2.24) is 9.97 Å². The van der Waals surface area contributed by atoms with E-state index in [0.29, 0.717) is 18.7 Å². The molecule has 0 atom stereocenters. The average molecular weight is 249 g/mol. The molecule has 2 aromatic heterocycles. The molecule has 0 radical (unpaired) electrons. The molecule has 3 rings (SSSR count). The van der Waals surface area contributed by atoms with Crippen LogP contribution in [0.5, 0.6) is 0 Å². The van der Waals surface area contributed by atoms with E-state index in [1.54, 1.807) is 0 Å². The maximum Gasteiger partial charge on any atom is 0.329 e. The van der Waals surface area contributed by atoms with Crippen molar-refractivity contribution in [3.8, 4) is 0 Å². The van der Waals surface area contributed by atoms with Gasteiger partial charge in [0.2, 0.25) is 0 Å². The first-order valence-electron chi connectivity index (χ1n) is 5.41. The van der Waals surface area contributed by atoms with Crippen LogP contribution in [-0.2, 0) is 4.79 Å². The summed E-state index contributed by atoms with van der Waals surface area (Å²) in [4.78, 5) is 19.6. The van der Waals surface area contributed by atoms with Crippen LogP contribution in [0.1, 0.15) is 19.3 Å². The van der Waals surface area contributed by atoms with Crippen molar-refractivity contribution < 1.29 is 9.90 Å². The molecule has 1 aliphatic carbocycles. The van der Waals surface area contributed by atoms with Crippen LogP contribution >= 0.6 is 11.3 Å². The minimum Gasteiger partial charge on any atom is -0.480 e. The molecule has 6 heteroatoms. The van der Waals surface area contributed by atoms with E-state index in [4.69, 9.17) is 0 Å². The predicted octanol–water partition coefficient (Wildman–Crippen LogP) is 2.11. The van der Waals surface area contributed by atoms with Gasteiger partial charge in [-0.05, 0) is 30.7 Å². The van der Waals surface area contributed by atoms with Crippen LogP contribution in [0.25, 0.3) is 10.2 Å². The third-order valence-electron chi connectivity index (χ3n) is 3.22. The molecule has 88 valence electrons. The van der Waals surface area contributed by atoms with Gasteiger partial charge in [0, 0.05) is 0 Å². The van der Waals surface area contributed by atoms with Crippen molar-refractivity contribution in [2.75, 3.05) is 5.32 Å². The van der Waals surface area contributed by atoms with Gasteiger partial charge in [-0.2, -0.15) is 0 Å². The number of anilines is 1. The second-order valence-electron chi connectivity index (χ2n) is 4.22. The monoisotopic (exact) mass is 249 g/mol. The van der Waals surface area contributed by atoms with Crippen LogP contribution in [0.3, 0.4) is 0 Å². The van der Waals surface area contributed by atoms with Crippen LogP contribution in [-0.4, -0.2) is 26.6 Å². The second kappa shape index (κ2) is 3.66. The first-order chi connectivity index (χ1) is 8.21. The Balaban J connectivity index is 1.99. The van der Waals surface area contributed by atoms with Crippen molar-refractivity contribution in [2.24, 2.45) is 0 Å². The summed E-state index contributed by atoms with van der Waals surface area (Å²) in [5, 5.41) is 14.3. The fraction of sp³-hybridized carbons (Fsp3) is 0.364. The normalized spacial score (nSPS) is 17.6. The number of hydrogen-bond acceptors (Lipinski definition) is 5. The molecule has 1 saturated carbocycles. The molecular weight excluding hydrogens is 238 g/mol. The fourth-order valence-corrected chi connectivity index (χ4v) is 2.82. The maximum absolute atomic E-state index is 11.3. The summed E-state index contributed by atoms with van der Waals surface area (Å²) in [5.74, 6) is -0.167. The van der Waals surface area contributed by atoms with Crippen LogP contribution in [0, 0.1) is 0 Å². The van der Waals surface area contributed by atoms with Crippen LogP contribution < -0.4 is 5.32 Å². The molecule has 2 aromatic rings. The highest BCUT2D eigenvalue weighted by atomic mass is 32.1. The molecule has 2 N–H and O–H groups in total. The predicted molar refractivity (Wildman–Crippen MR) is 65.3 cm³/mol. The van der Waals surface area contributed by atoms with Crippen molar-refractivity contribution in [3.05, 3.63) is 17.8 Å². The Hall–Kier alpha value is -1.69. The molecule has 0 unspecified atom stereocenters. The average Bonchev–Trinajstić information content (AvgIpc) is 2.71. The Labute approximate surface area is 102 Å². The van der Waals surface area contributed by atoms with Gasteiger partial charge in [0.05, 0.1) is 10.2 Å². The van der Waals surface area contributed by atoms with Gasteiger partial charge in [-0.15, -0.1) is 11.3 Å². The van der Waals surface area contributed by atoms with E-state index in [0.717, 1.165) is 16.6 Å². The standard InChI is InChI=1S/C11H11N3O2S/c15-10(16)11(3-1-4-11)14-9-8-7(2-5-17-8)12-6-13-9/h2,5-6H,1,3-4H2,(H,15,16)(H,12,13,14). The van der Waals surface area contributed by atoms with E-state index in [1.165, 1.54) is 17.7 Å². The van der Waals surface area contributed by atoms with Gasteiger partial charge in [-0.3, -0.25) is 0 Å². The third-order valence-corrected chi connectivity index (χ3v) is 4.13. The Bertz CT molecular complexity index is 577. The zero-order valence-corrected chi connectivity index (χ0v) is 9.83. The molecule has 0 bridgehead atoms. The Kier molecular flexibility index (Phi) is 2.25. The summed E-state index contributed by atoms with van der Waals surface area (Å²) >= 11 is 1.52. The van der Waals surface area contributed by atoms with Gasteiger partial charge in [0.25, 0.3) is 0 Å². The number of nitrogens with zero attached hydrogens (tertiary/aromatic N) is 2. The molecular formula is C11H11N3O2S. The summed E-state index contributed by atoms with van der Waals surface area (Å²) in [6.07, 6.45) is 3.71. The molecule has 0 saturated heterocycles. The first kappa shape index (κ1) is 10.5. The third kappa shape index (κ3) is 1.56. The van der Waals surface area contributed by atoms with Gasteiger partial charge < -0.3 is 10.4 Å². The van der Waals surface area contributed by atoms with Gasteiger partial charge >= 0.3 is 5.97 Å². The lowest BCUT2D eigenvalue weighted by atomic mass is 9.77. The highest BCUT2D eigenvalue weighted by Crippen LogP contribution is 2.37. The zero-order valence-electron chi connectivity index (χ0n) is 9.01. The van der Waals surface area contributed by atoms with Crippen molar-refractivity contribution in [1.29, 1.82) is 0 Å². The fourth-order valence-electron chi connectivity index (χ4n) is 2.03. The lowest BCUT2D eigenvalue weighted by Gasteiger charge is -2.38. The number of carbonyl (C=O) groups is 1. The minimum absolute atomic E-state index is 0.632. The molecule has 0 spiro atoms. The van der Waals surface area contributed by atoms with Gasteiger partial charge in [0.15, 0.2) is 0 Å². The number of fused-ring (bicyclic) bond motifs is 1. The largest absolute Gasteiger partial charge is 0.480 e. The lowest BCUT2D eigenvalue weighted by Crippen LogP contribution is -2.52. The summed E-state index contributed by atoms with van der Waals surface area (Å²) in [7, 11) is 0. The van der Waals surface area contributed by atoms with Crippen LogP contribution in [0.4, 0.5) is 5.82 Å². The van der Waals surface area contributed by atoms with Crippen LogP contribution in [0.15, 0.2) is 17.8 Å². The van der Waals surface area contributed by atoms with E-state index in [2.05, 4.69) is 15.3 Å². The number of rotatable bonds is 3. The summed E-state index contributed by atoms with van der Waals surface area (Å²) in [5.41, 5.74) is 0.0259. The minimum atomic E-state index is -0.828. The summed E-state index contributed by atoms with van der Waals surface area (Å²) in [6.45, 7) is 0. The number of carboxylic acid groups (broad SMARTS) is 1. The van der Waals surface area contributed by atoms with E-state index in [9.17, 15) is 9.90 Å². The number of aliphatic carboxylic acids is 1. The summed E-state index contributed by atoms with van der Waals surface area (Å²) < 4.78 is 0.917. The highest BCUT2D eigenvalue weighted by molar-refractivity contribution is 7.17. The Morgan fingerprint density at radius 3 is 2.94 bits per heavy atom. The molecule has 1 fully saturated rings. The number of hydrogen-bond donors (Lipinski definition) is 2. The van der Waals surface area contributed by atoms with Crippen molar-refractivity contribution in [3.63, 3.8) is 0 Å². The second-order valence-corrected chi connectivity index (χ2v) is 5.14. The zero-order chi connectivity index (χ0) is 11.9. The molecule has 0 amide bonds.